The third kappa shape index (κ3) is 3.36. The molecule has 0 aromatic heterocycles. The van der Waals surface area contributed by atoms with Crippen molar-refractivity contribution in [2.75, 3.05) is 11.9 Å². The number of nitrogens with zero attached hydrogens (tertiary/aromatic N) is 2. The first-order chi connectivity index (χ1) is 9.47. The molecule has 5 heteroatoms. The minimum atomic E-state index is -0.376. The van der Waals surface area contributed by atoms with Crippen LogP contribution in [0, 0.1) is 17.0 Å². The van der Waals surface area contributed by atoms with Gasteiger partial charge in [-0.3, -0.25) is 10.1 Å². The predicted molar refractivity (Wildman–Crippen MR) is 84.1 cm³/mol. The Bertz CT molecular complexity index is 626. The van der Waals surface area contributed by atoms with Crippen LogP contribution in [0.3, 0.4) is 0 Å². The van der Waals surface area contributed by atoms with Crippen LogP contribution in [0.4, 0.5) is 11.4 Å². The zero-order chi connectivity index (χ0) is 14.7. The van der Waals surface area contributed by atoms with Crippen molar-refractivity contribution in [2.45, 2.75) is 13.5 Å². The van der Waals surface area contributed by atoms with Gasteiger partial charge >= 0.3 is 0 Å². The zero-order valence-electron chi connectivity index (χ0n) is 11.3. The Labute approximate surface area is 126 Å². The van der Waals surface area contributed by atoms with Gasteiger partial charge in [-0.15, -0.1) is 0 Å². The van der Waals surface area contributed by atoms with Crippen LogP contribution in [-0.2, 0) is 6.54 Å². The molecule has 0 saturated carbocycles. The normalized spacial score (nSPS) is 10.3. The maximum absolute atomic E-state index is 10.9. The molecule has 20 heavy (non-hydrogen) atoms. The number of aryl methyl sites for hydroxylation is 1. The molecule has 0 atom stereocenters. The highest BCUT2D eigenvalue weighted by molar-refractivity contribution is 9.10. The smallest absolute Gasteiger partial charge is 0.283 e. The molecule has 104 valence electrons. The lowest BCUT2D eigenvalue weighted by Crippen LogP contribution is -2.16. The third-order valence-corrected chi connectivity index (χ3v) is 3.77. The summed E-state index contributed by atoms with van der Waals surface area (Å²) in [6, 6.07) is 13.4. The minimum Gasteiger partial charge on any atom is -0.370 e. The number of hydrogen-bond donors (Lipinski definition) is 0. The lowest BCUT2D eigenvalue weighted by molar-refractivity contribution is -0.385. The first-order valence-electron chi connectivity index (χ1n) is 6.18. The average Bonchev–Trinajstić information content (AvgIpc) is 2.41. The van der Waals surface area contributed by atoms with Crippen molar-refractivity contribution in [3.8, 4) is 0 Å². The molecule has 0 aliphatic rings. The van der Waals surface area contributed by atoms with Crippen LogP contribution >= 0.6 is 15.9 Å². The Morgan fingerprint density at radius 1 is 1.20 bits per heavy atom. The molecule has 0 aliphatic carbocycles. The van der Waals surface area contributed by atoms with Crippen molar-refractivity contribution in [1.82, 2.24) is 0 Å². The maximum Gasteiger partial charge on any atom is 0.283 e. The molecule has 0 aliphatic heterocycles. The van der Waals surface area contributed by atoms with Crippen LogP contribution in [-0.4, -0.2) is 12.0 Å². The molecule has 0 heterocycles. The van der Waals surface area contributed by atoms with E-state index in [0.717, 1.165) is 11.3 Å². The molecule has 4 nitrogen and oxygen atoms in total. The minimum absolute atomic E-state index is 0.0970. The SMILES string of the molecule is Cc1ccc(N(C)Cc2ccc(Br)c([N+](=O)[O-])c2)cc1. The molecule has 0 fully saturated rings. The first kappa shape index (κ1) is 14.5. The second kappa shape index (κ2) is 6.05. The first-order valence-corrected chi connectivity index (χ1v) is 6.97. The van der Waals surface area contributed by atoms with Crippen molar-refractivity contribution in [1.29, 1.82) is 0 Å². The summed E-state index contributed by atoms with van der Waals surface area (Å²) in [5, 5.41) is 10.9. The van der Waals surface area contributed by atoms with Crippen LogP contribution in [0.5, 0.6) is 0 Å². The van der Waals surface area contributed by atoms with Crippen LogP contribution < -0.4 is 4.90 Å². The fraction of sp³-hybridized carbons (Fsp3) is 0.200. The van der Waals surface area contributed by atoms with Crippen LogP contribution in [0.2, 0.25) is 0 Å². The Hall–Kier alpha value is -1.88. The van der Waals surface area contributed by atoms with E-state index in [9.17, 15) is 10.1 Å². The lowest BCUT2D eigenvalue weighted by Gasteiger charge is -2.19. The predicted octanol–water partition coefficient (Wildman–Crippen LogP) is 4.30. The molecule has 2 aromatic carbocycles. The van der Waals surface area contributed by atoms with Gasteiger partial charge in [0.2, 0.25) is 0 Å². The van der Waals surface area contributed by atoms with Gasteiger partial charge in [-0.25, -0.2) is 0 Å². The highest BCUT2D eigenvalue weighted by Crippen LogP contribution is 2.26. The number of benzene rings is 2. The van der Waals surface area contributed by atoms with E-state index < -0.39 is 0 Å². The van der Waals surface area contributed by atoms with E-state index in [2.05, 4.69) is 33.0 Å². The monoisotopic (exact) mass is 334 g/mol. The van der Waals surface area contributed by atoms with E-state index in [1.807, 2.05) is 32.2 Å². The van der Waals surface area contributed by atoms with Gasteiger partial charge in [0.1, 0.15) is 0 Å². The molecule has 0 unspecified atom stereocenters. The highest BCUT2D eigenvalue weighted by atomic mass is 79.9. The fourth-order valence-corrected chi connectivity index (χ4v) is 2.35. The second-order valence-corrected chi connectivity index (χ2v) is 5.59. The fourth-order valence-electron chi connectivity index (χ4n) is 1.96. The number of anilines is 1. The van der Waals surface area contributed by atoms with Gasteiger partial charge in [-0.05, 0) is 46.6 Å². The van der Waals surface area contributed by atoms with Crippen LogP contribution in [0.1, 0.15) is 11.1 Å². The number of rotatable bonds is 4. The lowest BCUT2D eigenvalue weighted by atomic mass is 10.1. The summed E-state index contributed by atoms with van der Waals surface area (Å²) in [5.74, 6) is 0. The largest absolute Gasteiger partial charge is 0.370 e. The molecule has 0 spiro atoms. The van der Waals surface area contributed by atoms with E-state index in [4.69, 9.17) is 0 Å². The summed E-state index contributed by atoms with van der Waals surface area (Å²) in [5.41, 5.74) is 3.30. The van der Waals surface area contributed by atoms with E-state index >= 15 is 0 Å². The van der Waals surface area contributed by atoms with Gasteiger partial charge in [0.05, 0.1) is 9.40 Å². The molecular weight excluding hydrogens is 320 g/mol. The molecule has 0 N–H and O–H groups in total. The summed E-state index contributed by atoms with van der Waals surface area (Å²) >= 11 is 3.19. The van der Waals surface area contributed by atoms with Crippen molar-refractivity contribution >= 4 is 27.3 Å². The Morgan fingerprint density at radius 2 is 1.85 bits per heavy atom. The molecular formula is C15H15BrN2O2. The Kier molecular flexibility index (Phi) is 4.39. The standard InChI is InChI=1S/C15H15BrN2O2/c1-11-3-6-13(7-4-11)17(2)10-12-5-8-14(16)15(9-12)18(19)20/h3-9H,10H2,1-2H3. The number of nitro benzene ring substituents is 1. The van der Waals surface area contributed by atoms with Gasteiger partial charge in [-0.2, -0.15) is 0 Å². The summed E-state index contributed by atoms with van der Waals surface area (Å²) < 4.78 is 0.504. The van der Waals surface area contributed by atoms with Crippen LogP contribution in [0.15, 0.2) is 46.9 Å². The van der Waals surface area contributed by atoms with Gasteiger partial charge in [0, 0.05) is 25.3 Å². The van der Waals surface area contributed by atoms with E-state index in [-0.39, 0.29) is 10.6 Å². The maximum atomic E-state index is 10.9. The average molecular weight is 335 g/mol. The Balaban J connectivity index is 2.19. The molecule has 0 radical (unpaired) electrons. The van der Waals surface area contributed by atoms with E-state index in [1.54, 1.807) is 12.1 Å². The summed E-state index contributed by atoms with van der Waals surface area (Å²) in [4.78, 5) is 12.6. The number of halogens is 1. The summed E-state index contributed by atoms with van der Waals surface area (Å²) in [7, 11) is 1.97. The Morgan fingerprint density at radius 3 is 2.45 bits per heavy atom. The van der Waals surface area contributed by atoms with Crippen molar-refractivity contribution in [3.63, 3.8) is 0 Å². The molecule has 2 rings (SSSR count). The van der Waals surface area contributed by atoms with Gasteiger partial charge in [0.15, 0.2) is 0 Å². The van der Waals surface area contributed by atoms with Crippen LogP contribution in [0.25, 0.3) is 0 Å². The number of hydrogen-bond acceptors (Lipinski definition) is 3. The van der Waals surface area contributed by atoms with Gasteiger partial charge in [-0.1, -0.05) is 23.8 Å². The quantitative estimate of drug-likeness (QED) is 0.618. The van der Waals surface area contributed by atoms with Crippen molar-refractivity contribution in [3.05, 3.63) is 68.2 Å². The van der Waals surface area contributed by atoms with Crippen molar-refractivity contribution in [2.24, 2.45) is 0 Å². The second-order valence-electron chi connectivity index (χ2n) is 4.73. The summed E-state index contributed by atoms with van der Waals surface area (Å²) in [6.07, 6.45) is 0. The zero-order valence-corrected chi connectivity index (χ0v) is 12.9. The van der Waals surface area contributed by atoms with Crippen molar-refractivity contribution < 1.29 is 4.92 Å². The molecule has 0 bridgehead atoms. The number of nitro groups is 1. The summed E-state index contributed by atoms with van der Waals surface area (Å²) in [6.45, 7) is 2.67. The third-order valence-electron chi connectivity index (χ3n) is 3.10. The highest BCUT2D eigenvalue weighted by Gasteiger charge is 2.13. The van der Waals surface area contributed by atoms with E-state index in [1.165, 1.54) is 5.56 Å². The van der Waals surface area contributed by atoms with Gasteiger partial charge < -0.3 is 4.90 Å². The van der Waals surface area contributed by atoms with E-state index in [0.29, 0.717) is 11.0 Å². The molecule has 0 saturated heterocycles. The van der Waals surface area contributed by atoms with Gasteiger partial charge in [0.25, 0.3) is 5.69 Å². The topological polar surface area (TPSA) is 46.4 Å². The molecule has 2 aromatic rings. The molecule has 0 amide bonds.